The smallest absolute Gasteiger partial charge is 0.416 e. The van der Waals surface area contributed by atoms with E-state index in [1.807, 2.05) is 42.5 Å². The highest BCUT2D eigenvalue weighted by Gasteiger charge is 2.41. The first-order valence-corrected chi connectivity index (χ1v) is 20.6. The first kappa shape index (κ1) is 39.4. The zero-order valence-corrected chi connectivity index (χ0v) is 31.2. The molecule has 1 aliphatic heterocycles. The Morgan fingerprint density at radius 3 is 1.80 bits per heavy atom. The third-order valence-electron chi connectivity index (χ3n) is 9.65. The molecule has 1 N–H and O–H groups in total. The van der Waals surface area contributed by atoms with Gasteiger partial charge in [-0.25, -0.2) is 16.8 Å². The van der Waals surface area contributed by atoms with Gasteiger partial charge in [-0.1, -0.05) is 91.0 Å². The van der Waals surface area contributed by atoms with Gasteiger partial charge in [-0.15, -0.1) is 0 Å². The fourth-order valence-corrected chi connectivity index (χ4v) is 10.2. The van der Waals surface area contributed by atoms with Crippen molar-refractivity contribution in [1.82, 2.24) is 9.21 Å². The number of carbonyl (C=O) groups excluding carboxylic acids is 1. The van der Waals surface area contributed by atoms with E-state index in [2.05, 4.69) is 0 Å². The van der Waals surface area contributed by atoms with Crippen molar-refractivity contribution in [3.05, 3.63) is 144 Å². The number of halogens is 3. The Morgan fingerprint density at radius 1 is 0.745 bits per heavy atom. The van der Waals surface area contributed by atoms with Crippen LogP contribution in [0.2, 0.25) is 0 Å². The van der Waals surface area contributed by atoms with E-state index >= 15 is 0 Å². The van der Waals surface area contributed by atoms with E-state index in [4.69, 9.17) is 0 Å². The SMILES string of the molecule is CS(=O)(=O)c1ccccc1S(=O)(=O)N1CCC[C@@H]1CN(C(=O)c1ccc(-c2ccc(C(F)(F)F)cc2)cc1)C(CC(=O)O)c1ccc(-c2ccccc2)cc1. The summed E-state index contributed by atoms with van der Waals surface area (Å²) in [4.78, 5) is 27.6. The number of sulfonamides is 1. The number of hydrogen-bond acceptors (Lipinski definition) is 6. The molecule has 9 nitrogen and oxygen atoms in total. The number of carbonyl (C=O) groups is 2. The van der Waals surface area contributed by atoms with Crippen molar-refractivity contribution in [3.8, 4) is 22.3 Å². The van der Waals surface area contributed by atoms with Gasteiger partial charge in [-0.2, -0.15) is 17.5 Å². The summed E-state index contributed by atoms with van der Waals surface area (Å²) in [5.74, 6) is -1.80. The van der Waals surface area contributed by atoms with E-state index < -0.39 is 62.0 Å². The molecular weight excluding hydrogens is 754 g/mol. The van der Waals surface area contributed by atoms with Crippen molar-refractivity contribution in [2.75, 3.05) is 19.3 Å². The molecule has 1 heterocycles. The zero-order chi connectivity index (χ0) is 39.5. The molecule has 6 rings (SSSR count). The van der Waals surface area contributed by atoms with E-state index in [0.29, 0.717) is 29.5 Å². The molecule has 5 aromatic carbocycles. The third-order valence-corrected chi connectivity index (χ3v) is 12.9. The second-order valence-electron chi connectivity index (χ2n) is 13.3. The minimum absolute atomic E-state index is 0.0460. The number of nitrogens with zero attached hydrogens (tertiary/aromatic N) is 2. The molecule has 1 aliphatic rings. The van der Waals surface area contributed by atoms with E-state index in [1.54, 1.807) is 24.3 Å². The molecule has 1 fully saturated rings. The fourth-order valence-electron chi connectivity index (χ4n) is 6.91. The lowest BCUT2D eigenvalue weighted by atomic mass is 9.96. The number of carboxylic acid groups (broad SMARTS) is 1. The van der Waals surface area contributed by atoms with Gasteiger partial charge < -0.3 is 10.0 Å². The van der Waals surface area contributed by atoms with Crippen LogP contribution in [0.3, 0.4) is 0 Å². The van der Waals surface area contributed by atoms with Crippen LogP contribution in [0.15, 0.2) is 137 Å². The van der Waals surface area contributed by atoms with Crippen LogP contribution in [0.4, 0.5) is 13.2 Å². The summed E-state index contributed by atoms with van der Waals surface area (Å²) in [6, 6.07) is 30.7. The van der Waals surface area contributed by atoms with E-state index in [1.165, 1.54) is 57.7 Å². The van der Waals surface area contributed by atoms with Crippen molar-refractivity contribution in [3.63, 3.8) is 0 Å². The molecule has 1 unspecified atom stereocenters. The molecule has 55 heavy (non-hydrogen) atoms. The van der Waals surface area contributed by atoms with Gasteiger partial charge >= 0.3 is 12.1 Å². The molecule has 1 saturated heterocycles. The minimum atomic E-state index is -4.50. The van der Waals surface area contributed by atoms with Crippen molar-refractivity contribution in [1.29, 1.82) is 0 Å². The van der Waals surface area contributed by atoms with E-state index in [9.17, 15) is 44.7 Å². The first-order valence-electron chi connectivity index (χ1n) is 17.3. The van der Waals surface area contributed by atoms with Gasteiger partial charge in [0.1, 0.15) is 4.90 Å². The quantitative estimate of drug-likeness (QED) is 0.136. The molecule has 0 aromatic heterocycles. The van der Waals surface area contributed by atoms with Gasteiger partial charge in [-0.3, -0.25) is 9.59 Å². The molecule has 5 aromatic rings. The van der Waals surface area contributed by atoms with Crippen LogP contribution in [0.5, 0.6) is 0 Å². The molecule has 1 amide bonds. The maximum atomic E-state index is 14.6. The van der Waals surface area contributed by atoms with Crippen LogP contribution in [0.1, 0.15) is 46.8 Å². The highest BCUT2D eigenvalue weighted by molar-refractivity contribution is 7.93. The normalized spacial score (nSPS) is 15.7. The molecular formula is C41H37F3N2O7S2. The average molecular weight is 791 g/mol. The maximum Gasteiger partial charge on any atom is 0.416 e. The Bertz CT molecular complexity index is 2390. The second-order valence-corrected chi connectivity index (χ2v) is 17.2. The topological polar surface area (TPSA) is 129 Å². The number of aliphatic carboxylic acids is 1. The Kier molecular flexibility index (Phi) is 11.3. The number of carboxylic acids is 1. The van der Waals surface area contributed by atoms with Crippen molar-refractivity contribution in [2.24, 2.45) is 0 Å². The van der Waals surface area contributed by atoms with Crippen molar-refractivity contribution >= 4 is 31.7 Å². The van der Waals surface area contributed by atoms with Crippen molar-refractivity contribution in [2.45, 2.75) is 47.3 Å². The number of hydrogen-bond donors (Lipinski definition) is 1. The Hall–Kier alpha value is -5.31. The fraction of sp³-hybridized carbons (Fsp3) is 0.220. The van der Waals surface area contributed by atoms with Crippen LogP contribution in [0.25, 0.3) is 22.3 Å². The number of alkyl halides is 3. The zero-order valence-electron chi connectivity index (χ0n) is 29.6. The van der Waals surface area contributed by atoms with Gasteiger partial charge in [0.05, 0.1) is 22.9 Å². The van der Waals surface area contributed by atoms with E-state index in [-0.39, 0.29) is 28.4 Å². The molecule has 286 valence electrons. The number of sulfone groups is 1. The predicted octanol–water partition coefficient (Wildman–Crippen LogP) is 7.95. The van der Waals surface area contributed by atoms with Gasteiger partial charge in [0.25, 0.3) is 5.91 Å². The summed E-state index contributed by atoms with van der Waals surface area (Å²) >= 11 is 0. The van der Waals surface area contributed by atoms with Gasteiger partial charge in [0, 0.05) is 31.0 Å². The Labute approximate surface area is 317 Å². The summed E-state index contributed by atoms with van der Waals surface area (Å²) in [5, 5.41) is 10.1. The largest absolute Gasteiger partial charge is 0.481 e. The van der Waals surface area contributed by atoms with Gasteiger partial charge in [-0.05, 0) is 77.1 Å². The highest BCUT2D eigenvalue weighted by atomic mass is 32.2. The number of rotatable bonds is 12. The monoisotopic (exact) mass is 790 g/mol. The molecule has 14 heteroatoms. The lowest BCUT2D eigenvalue weighted by Crippen LogP contribution is -2.47. The summed E-state index contributed by atoms with van der Waals surface area (Å²) in [6.45, 7) is -0.178. The minimum Gasteiger partial charge on any atom is -0.481 e. The average Bonchev–Trinajstić information content (AvgIpc) is 3.65. The predicted molar refractivity (Wildman–Crippen MR) is 201 cm³/mol. The van der Waals surface area contributed by atoms with Crippen LogP contribution >= 0.6 is 0 Å². The van der Waals surface area contributed by atoms with Crippen molar-refractivity contribution < 1.29 is 44.7 Å². The highest BCUT2D eigenvalue weighted by Crippen LogP contribution is 2.35. The maximum absolute atomic E-state index is 14.6. The molecule has 0 saturated carbocycles. The number of amides is 1. The Morgan fingerprint density at radius 2 is 1.25 bits per heavy atom. The van der Waals surface area contributed by atoms with Gasteiger partial charge in [0.15, 0.2) is 9.84 Å². The summed E-state index contributed by atoms with van der Waals surface area (Å²) < 4.78 is 94.2. The molecule has 2 atom stereocenters. The lowest BCUT2D eigenvalue weighted by molar-refractivity contribution is -0.139. The molecule has 0 aliphatic carbocycles. The number of benzene rings is 5. The summed E-state index contributed by atoms with van der Waals surface area (Å²) in [7, 11) is -8.35. The molecule has 0 radical (unpaired) electrons. The molecule has 0 spiro atoms. The summed E-state index contributed by atoms with van der Waals surface area (Å²) in [6.07, 6.45) is -3.38. The molecule has 0 bridgehead atoms. The van der Waals surface area contributed by atoms with E-state index in [0.717, 1.165) is 29.5 Å². The lowest BCUT2D eigenvalue weighted by Gasteiger charge is -2.36. The van der Waals surface area contributed by atoms with Crippen LogP contribution in [-0.2, 0) is 30.8 Å². The van der Waals surface area contributed by atoms with Crippen LogP contribution in [0, 0.1) is 0 Å². The van der Waals surface area contributed by atoms with Crippen LogP contribution in [-0.4, -0.2) is 68.4 Å². The summed E-state index contributed by atoms with van der Waals surface area (Å²) in [5.41, 5.74) is 2.62. The van der Waals surface area contributed by atoms with Gasteiger partial charge in [0.2, 0.25) is 10.0 Å². The third kappa shape index (κ3) is 8.82. The Balaban J connectivity index is 1.39. The standard InChI is InChI=1S/C41H37F3N2O7S2/c1-54(50,51)37-11-5-6-12-38(37)55(52,53)46-25-7-10-35(46)27-45(36(26-39(47)48)32-17-13-29(14-18-32)28-8-3-2-4-9-28)40(49)33-19-15-30(16-20-33)31-21-23-34(24-22-31)41(42,43)44/h2-6,8-9,11-24,35-36H,7,10,25-27H2,1H3,(H,47,48)/t35-,36?/m1/s1. The van der Waals surface area contributed by atoms with Crippen LogP contribution < -0.4 is 0 Å². The second kappa shape index (κ2) is 15.8. The first-order chi connectivity index (χ1) is 26.0.